The lowest BCUT2D eigenvalue weighted by Crippen LogP contribution is -2.43. The van der Waals surface area contributed by atoms with Gasteiger partial charge in [0.25, 0.3) is 0 Å². The van der Waals surface area contributed by atoms with E-state index in [9.17, 15) is 0 Å². The molecule has 0 aliphatic heterocycles. The number of aromatic nitrogens is 1. The first-order valence-electron chi connectivity index (χ1n) is 6.16. The van der Waals surface area contributed by atoms with E-state index in [0.717, 1.165) is 17.3 Å². The zero-order valence-corrected chi connectivity index (χ0v) is 10.7. The third kappa shape index (κ3) is 3.03. The zero-order valence-electron chi connectivity index (χ0n) is 9.91. The largest absolute Gasteiger partial charge is 0.271 e. The van der Waals surface area contributed by atoms with Crippen LogP contribution in [0.15, 0.2) is 5.38 Å². The maximum absolute atomic E-state index is 5.68. The van der Waals surface area contributed by atoms with Gasteiger partial charge in [-0.3, -0.25) is 11.3 Å². The van der Waals surface area contributed by atoms with Gasteiger partial charge < -0.3 is 0 Å². The van der Waals surface area contributed by atoms with E-state index in [-0.39, 0.29) is 0 Å². The Hall–Kier alpha value is -0.450. The maximum atomic E-state index is 5.68. The number of nitrogens with zero attached hydrogens (tertiary/aromatic N) is 1. The average molecular weight is 239 g/mol. The number of hydrogen-bond donors (Lipinski definition) is 2. The van der Waals surface area contributed by atoms with Crippen molar-refractivity contribution in [2.45, 2.75) is 51.5 Å². The summed E-state index contributed by atoms with van der Waals surface area (Å²) in [6, 6.07) is 0.404. The molecule has 1 aliphatic rings. The average Bonchev–Trinajstić information content (AvgIpc) is 2.73. The van der Waals surface area contributed by atoms with Crippen molar-refractivity contribution >= 4 is 11.3 Å². The van der Waals surface area contributed by atoms with Gasteiger partial charge in [0.15, 0.2) is 0 Å². The molecule has 1 aromatic rings. The fraction of sp³-hybridized carbons (Fsp3) is 0.750. The highest BCUT2D eigenvalue weighted by Gasteiger charge is 2.23. The molecule has 1 aromatic heterocycles. The second kappa shape index (κ2) is 5.75. The first kappa shape index (κ1) is 12.0. The molecule has 0 amide bonds. The number of hydrazine groups is 1. The molecule has 1 heterocycles. The minimum Gasteiger partial charge on any atom is -0.271 e. The van der Waals surface area contributed by atoms with Gasteiger partial charge in [0, 0.05) is 17.8 Å². The van der Waals surface area contributed by atoms with Crippen LogP contribution in [0.25, 0.3) is 0 Å². The molecule has 1 atom stereocenters. The number of rotatable bonds is 4. The summed E-state index contributed by atoms with van der Waals surface area (Å²) in [5.74, 6) is 6.42. The molecular formula is C12H21N3S. The number of nitrogens with one attached hydrogen (secondary N) is 1. The summed E-state index contributed by atoms with van der Waals surface area (Å²) in [7, 11) is 0. The summed E-state index contributed by atoms with van der Waals surface area (Å²) in [4.78, 5) is 4.52. The van der Waals surface area contributed by atoms with Gasteiger partial charge in [-0.1, -0.05) is 19.3 Å². The molecule has 0 radical (unpaired) electrons. The molecule has 0 saturated heterocycles. The molecule has 1 fully saturated rings. The second-order valence-electron chi connectivity index (χ2n) is 4.73. The van der Waals surface area contributed by atoms with E-state index in [0.29, 0.717) is 6.04 Å². The third-order valence-corrected chi connectivity index (χ3v) is 4.35. The smallest absolute Gasteiger partial charge is 0.0897 e. The van der Waals surface area contributed by atoms with Crippen LogP contribution in [0.4, 0.5) is 0 Å². The van der Waals surface area contributed by atoms with Crippen molar-refractivity contribution in [2.75, 3.05) is 0 Å². The van der Waals surface area contributed by atoms with Gasteiger partial charge in [0.05, 0.1) is 10.7 Å². The van der Waals surface area contributed by atoms with Crippen molar-refractivity contribution in [3.8, 4) is 0 Å². The Morgan fingerprint density at radius 2 is 2.25 bits per heavy atom. The van der Waals surface area contributed by atoms with E-state index < -0.39 is 0 Å². The van der Waals surface area contributed by atoms with Crippen LogP contribution < -0.4 is 11.3 Å². The topological polar surface area (TPSA) is 50.9 Å². The van der Waals surface area contributed by atoms with Crippen molar-refractivity contribution in [1.29, 1.82) is 0 Å². The lowest BCUT2D eigenvalue weighted by molar-refractivity contribution is 0.267. The highest BCUT2D eigenvalue weighted by molar-refractivity contribution is 7.09. The minimum atomic E-state index is 0.404. The summed E-state index contributed by atoms with van der Waals surface area (Å²) >= 11 is 1.72. The minimum absolute atomic E-state index is 0.404. The van der Waals surface area contributed by atoms with Crippen LogP contribution in [0.1, 0.15) is 42.8 Å². The van der Waals surface area contributed by atoms with Crippen LogP contribution in [0.3, 0.4) is 0 Å². The Morgan fingerprint density at radius 3 is 2.81 bits per heavy atom. The van der Waals surface area contributed by atoms with Crippen molar-refractivity contribution in [3.63, 3.8) is 0 Å². The molecule has 90 valence electrons. The molecule has 3 nitrogen and oxygen atoms in total. The van der Waals surface area contributed by atoms with E-state index >= 15 is 0 Å². The van der Waals surface area contributed by atoms with Crippen molar-refractivity contribution in [3.05, 3.63) is 16.1 Å². The SMILES string of the molecule is Cc1nc(CC(NN)C2CCCCC2)cs1. The second-order valence-corrected chi connectivity index (χ2v) is 5.80. The number of hydrogen-bond acceptors (Lipinski definition) is 4. The van der Waals surface area contributed by atoms with E-state index in [4.69, 9.17) is 5.84 Å². The molecule has 0 bridgehead atoms. The summed E-state index contributed by atoms with van der Waals surface area (Å²) in [6.07, 6.45) is 7.73. The van der Waals surface area contributed by atoms with E-state index in [1.165, 1.54) is 37.8 Å². The Bertz CT molecular complexity index is 318. The fourth-order valence-electron chi connectivity index (χ4n) is 2.63. The van der Waals surface area contributed by atoms with Gasteiger partial charge >= 0.3 is 0 Å². The van der Waals surface area contributed by atoms with Gasteiger partial charge in [0.2, 0.25) is 0 Å². The molecule has 3 N–H and O–H groups in total. The molecule has 1 aliphatic carbocycles. The fourth-order valence-corrected chi connectivity index (χ4v) is 3.25. The lowest BCUT2D eigenvalue weighted by Gasteiger charge is -2.29. The molecular weight excluding hydrogens is 218 g/mol. The Kier molecular flexibility index (Phi) is 4.32. The molecule has 0 spiro atoms. The van der Waals surface area contributed by atoms with E-state index in [2.05, 4.69) is 22.7 Å². The van der Waals surface area contributed by atoms with Crippen LogP contribution >= 0.6 is 11.3 Å². The number of nitrogens with two attached hydrogens (primary N) is 1. The van der Waals surface area contributed by atoms with Gasteiger partial charge in [-0.05, 0) is 25.7 Å². The number of thiazole rings is 1. The Labute approximate surface area is 101 Å². The van der Waals surface area contributed by atoms with Gasteiger partial charge in [-0.15, -0.1) is 11.3 Å². The van der Waals surface area contributed by atoms with Crippen LogP contribution in [0, 0.1) is 12.8 Å². The molecule has 4 heteroatoms. The van der Waals surface area contributed by atoms with Gasteiger partial charge in [0.1, 0.15) is 0 Å². The van der Waals surface area contributed by atoms with Crippen LogP contribution in [0.2, 0.25) is 0 Å². The van der Waals surface area contributed by atoms with Gasteiger partial charge in [-0.25, -0.2) is 4.98 Å². The monoisotopic (exact) mass is 239 g/mol. The zero-order chi connectivity index (χ0) is 11.4. The summed E-state index contributed by atoms with van der Waals surface area (Å²) in [6.45, 7) is 2.06. The predicted molar refractivity (Wildman–Crippen MR) is 68.2 cm³/mol. The maximum Gasteiger partial charge on any atom is 0.0897 e. The lowest BCUT2D eigenvalue weighted by atomic mass is 9.82. The summed E-state index contributed by atoms with van der Waals surface area (Å²) < 4.78 is 0. The molecule has 2 rings (SSSR count). The normalized spacial score (nSPS) is 19.9. The van der Waals surface area contributed by atoms with Gasteiger partial charge in [-0.2, -0.15) is 0 Å². The van der Waals surface area contributed by atoms with Crippen molar-refractivity contribution in [1.82, 2.24) is 10.4 Å². The highest BCUT2D eigenvalue weighted by Crippen LogP contribution is 2.27. The Morgan fingerprint density at radius 1 is 1.50 bits per heavy atom. The first-order valence-corrected chi connectivity index (χ1v) is 7.04. The molecule has 16 heavy (non-hydrogen) atoms. The quantitative estimate of drug-likeness (QED) is 0.626. The van der Waals surface area contributed by atoms with Crippen LogP contribution in [-0.2, 0) is 6.42 Å². The highest BCUT2D eigenvalue weighted by atomic mass is 32.1. The van der Waals surface area contributed by atoms with E-state index in [1.807, 2.05) is 0 Å². The predicted octanol–water partition coefficient (Wildman–Crippen LogP) is 2.41. The summed E-state index contributed by atoms with van der Waals surface area (Å²) in [5.41, 5.74) is 4.18. The van der Waals surface area contributed by atoms with E-state index in [1.54, 1.807) is 11.3 Å². The third-order valence-electron chi connectivity index (χ3n) is 3.53. The molecule has 0 aromatic carbocycles. The van der Waals surface area contributed by atoms with Crippen LogP contribution in [0.5, 0.6) is 0 Å². The molecule has 1 saturated carbocycles. The van der Waals surface area contributed by atoms with Crippen molar-refractivity contribution in [2.24, 2.45) is 11.8 Å². The number of aryl methyl sites for hydroxylation is 1. The molecule has 1 unspecified atom stereocenters. The standard InChI is InChI=1S/C12H21N3S/c1-9-14-11(8-16-9)7-12(15-13)10-5-3-2-4-6-10/h8,10,12,15H,2-7,13H2,1H3. The first-order chi connectivity index (χ1) is 7.79. The van der Waals surface area contributed by atoms with Crippen molar-refractivity contribution < 1.29 is 0 Å². The van der Waals surface area contributed by atoms with Crippen LogP contribution in [-0.4, -0.2) is 11.0 Å². The Balaban J connectivity index is 1.94. The summed E-state index contributed by atoms with van der Waals surface area (Å²) in [5, 5.41) is 3.30.